The molecule has 0 saturated heterocycles. The minimum Gasteiger partial charge on any atom is -0.506 e. The Labute approximate surface area is 88.1 Å². The average molecular weight is 202 g/mol. The van der Waals surface area contributed by atoms with E-state index >= 15 is 0 Å². The zero-order valence-corrected chi connectivity index (χ0v) is 8.51. The number of aromatic hydroxyl groups is 1. The van der Waals surface area contributed by atoms with E-state index in [9.17, 15) is 5.11 Å². The topological polar surface area (TPSA) is 48.0 Å². The summed E-state index contributed by atoms with van der Waals surface area (Å²) in [6, 6.07) is 5.72. The molecule has 2 aromatic rings. The monoisotopic (exact) mass is 202 g/mol. The smallest absolute Gasteiger partial charge is 0.139 e. The normalized spacial score (nSPS) is 16.3. The summed E-state index contributed by atoms with van der Waals surface area (Å²) in [4.78, 5) is 3.33. The summed E-state index contributed by atoms with van der Waals surface area (Å²) in [5.41, 5.74) is 3.53. The van der Waals surface area contributed by atoms with Crippen molar-refractivity contribution in [1.29, 1.82) is 0 Å². The quantitative estimate of drug-likeness (QED) is 0.607. The van der Waals surface area contributed by atoms with Crippen LogP contribution in [-0.4, -0.2) is 23.2 Å². The van der Waals surface area contributed by atoms with Gasteiger partial charge < -0.3 is 15.4 Å². The molecule has 3 heteroatoms. The molecular weight excluding hydrogens is 188 g/mol. The van der Waals surface area contributed by atoms with E-state index in [-0.39, 0.29) is 0 Å². The van der Waals surface area contributed by atoms with E-state index < -0.39 is 0 Å². The summed E-state index contributed by atoms with van der Waals surface area (Å²) in [7, 11) is 0. The van der Waals surface area contributed by atoms with Gasteiger partial charge in [-0.05, 0) is 24.6 Å². The van der Waals surface area contributed by atoms with Gasteiger partial charge in [0.1, 0.15) is 5.75 Å². The number of benzene rings is 1. The predicted octanol–water partition coefficient (Wildman–Crippen LogP) is 1.56. The molecule has 1 aromatic carbocycles. The molecule has 0 amide bonds. The van der Waals surface area contributed by atoms with Crippen molar-refractivity contribution in [3.05, 3.63) is 29.5 Å². The van der Waals surface area contributed by atoms with Crippen LogP contribution >= 0.6 is 0 Å². The highest BCUT2D eigenvalue weighted by atomic mass is 16.3. The Bertz CT molecular complexity index is 502. The lowest BCUT2D eigenvalue weighted by Gasteiger charge is -1.98. The fourth-order valence-corrected chi connectivity index (χ4v) is 2.36. The van der Waals surface area contributed by atoms with Crippen LogP contribution in [0.15, 0.2) is 18.2 Å². The summed E-state index contributed by atoms with van der Waals surface area (Å²) in [6.07, 6.45) is 2.06. The number of H-pyrrole nitrogens is 1. The minimum atomic E-state index is 0.355. The van der Waals surface area contributed by atoms with Crippen molar-refractivity contribution in [2.24, 2.45) is 0 Å². The average Bonchev–Trinajstić information content (AvgIpc) is 2.45. The van der Waals surface area contributed by atoms with Gasteiger partial charge in [0.15, 0.2) is 0 Å². The van der Waals surface area contributed by atoms with E-state index in [4.69, 9.17) is 0 Å². The van der Waals surface area contributed by atoms with Crippen LogP contribution in [-0.2, 0) is 12.8 Å². The minimum absolute atomic E-state index is 0.355. The van der Waals surface area contributed by atoms with Gasteiger partial charge in [0.25, 0.3) is 0 Å². The summed E-state index contributed by atoms with van der Waals surface area (Å²) >= 11 is 0. The van der Waals surface area contributed by atoms with Crippen molar-refractivity contribution in [3.63, 3.8) is 0 Å². The second-order valence-electron chi connectivity index (χ2n) is 4.03. The molecule has 3 nitrogen and oxygen atoms in total. The number of rotatable bonds is 0. The Kier molecular flexibility index (Phi) is 1.92. The Hall–Kier alpha value is -1.48. The molecule has 3 rings (SSSR count). The number of nitrogens with one attached hydrogen (secondary N) is 2. The Morgan fingerprint density at radius 2 is 2.00 bits per heavy atom. The highest BCUT2D eigenvalue weighted by Gasteiger charge is 2.14. The first-order chi connectivity index (χ1) is 7.36. The number of phenols is 1. The van der Waals surface area contributed by atoms with E-state index in [1.165, 1.54) is 16.6 Å². The van der Waals surface area contributed by atoms with Crippen LogP contribution in [0.5, 0.6) is 5.75 Å². The molecule has 0 aliphatic carbocycles. The summed E-state index contributed by atoms with van der Waals surface area (Å²) < 4.78 is 0. The summed E-state index contributed by atoms with van der Waals surface area (Å²) in [5.74, 6) is 0.355. The molecule has 78 valence electrons. The maximum Gasteiger partial charge on any atom is 0.139 e. The molecule has 0 bridgehead atoms. The lowest BCUT2D eigenvalue weighted by atomic mass is 10.1. The summed E-state index contributed by atoms with van der Waals surface area (Å²) in [5, 5.41) is 14.3. The van der Waals surface area contributed by atoms with Crippen molar-refractivity contribution in [2.45, 2.75) is 12.8 Å². The first-order valence-corrected chi connectivity index (χ1v) is 5.38. The zero-order valence-electron chi connectivity index (χ0n) is 8.51. The maximum atomic E-state index is 9.74. The first kappa shape index (κ1) is 8.80. The standard InChI is InChI=1S/C12H14N2O/c15-11-3-1-2-9-8-4-6-13-7-5-10(8)14-12(9)11/h1-3,13-15H,4-7H2. The molecule has 0 saturated carbocycles. The number of hydrogen-bond acceptors (Lipinski definition) is 2. The lowest BCUT2D eigenvalue weighted by Crippen LogP contribution is -2.16. The number of fused-ring (bicyclic) bond motifs is 3. The van der Waals surface area contributed by atoms with Crippen molar-refractivity contribution >= 4 is 10.9 Å². The van der Waals surface area contributed by atoms with Crippen molar-refractivity contribution in [3.8, 4) is 5.75 Å². The highest BCUT2D eigenvalue weighted by molar-refractivity contribution is 5.89. The SMILES string of the molecule is Oc1cccc2c3c([nH]c12)CCNCC3. The maximum absolute atomic E-state index is 9.74. The van der Waals surface area contributed by atoms with Crippen molar-refractivity contribution in [2.75, 3.05) is 13.1 Å². The van der Waals surface area contributed by atoms with Gasteiger partial charge in [0.05, 0.1) is 5.52 Å². The van der Waals surface area contributed by atoms with E-state index in [2.05, 4.69) is 16.4 Å². The number of phenolic OH excluding ortho intramolecular Hbond substituents is 1. The van der Waals surface area contributed by atoms with Gasteiger partial charge in [0, 0.05) is 24.0 Å². The zero-order chi connectivity index (χ0) is 10.3. The molecular formula is C12H14N2O. The van der Waals surface area contributed by atoms with Crippen LogP contribution in [0.25, 0.3) is 10.9 Å². The van der Waals surface area contributed by atoms with Gasteiger partial charge in [-0.25, -0.2) is 0 Å². The van der Waals surface area contributed by atoms with Gasteiger partial charge in [0.2, 0.25) is 0 Å². The van der Waals surface area contributed by atoms with E-state index in [0.717, 1.165) is 31.4 Å². The third kappa shape index (κ3) is 1.31. The van der Waals surface area contributed by atoms with Gasteiger partial charge in [-0.3, -0.25) is 0 Å². The third-order valence-corrected chi connectivity index (χ3v) is 3.11. The number of para-hydroxylation sites is 1. The Morgan fingerprint density at radius 1 is 1.13 bits per heavy atom. The Morgan fingerprint density at radius 3 is 2.93 bits per heavy atom. The molecule has 0 atom stereocenters. The van der Waals surface area contributed by atoms with Gasteiger partial charge in [-0.15, -0.1) is 0 Å². The number of aromatic amines is 1. The fourth-order valence-electron chi connectivity index (χ4n) is 2.36. The molecule has 0 radical (unpaired) electrons. The molecule has 3 N–H and O–H groups in total. The van der Waals surface area contributed by atoms with Crippen LogP contribution in [0.3, 0.4) is 0 Å². The highest BCUT2D eigenvalue weighted by Crippen LogP contribution is 2.29. The van der Waals surface area contributed by atoms with E-state index in [0.29, 0.717) is 5.75 Å². The molecule has 1 aliphatic rings. The van der Waals surface area contributed by atoms with Gasteiger partial charge >= 0.3 is 0 Å². The Balaban J connectivity index is 2.28. The van der Waals surface area contributed by atoms with Crippen LogP contribution in [0.4, 0.5) is 0 Å². The van der Waals surface area contributed by atoms with Gasteiger partial charge in [-0.1, -0.05) is 12.1 Å². The summed E-state index contributed by atoms with van der Waals surface area (Å²) in [6.45, 7) is 2.04. The first-order valence-electron chi connectivity index (χ1n) is 5.38. The number of aromatic nitrogens is 1. The molecule has 2 heterocycles. The number of hydrogen-bond donors (Lipinski definition) is 3. The van der Waals surface area contributed by atoms with Crippen LogP contribution in [0.2, 0.25) is 0 Å². The molecule has 1 aromatic heterocycles. The fraction of sp³-hybridized carbons (Fsp3) is 0.333. The van der Waals surface area contributed by atoms with E-state index in [1.807, 2.05) is 6.07 Å². The van der Waals surface area contributed by atoms with E-state index in [1.54, 1.807) is 6.07 Å². The molecule has 0 unspecified atom stereocenters. The van der Waals surface area contributed by atoms with Crippen molar-refractivity contribution in [1.82, 2.24) is 10.3 Å². The molecule has 0 fully saturated rings. The molecule has 0 spiro atoms. The van der Waals surface area contributed by atoms with Gasteiger partial charge in [-0.2, -0.15) is 0 Å². The largest absolute Gasteiger partial charge is 0.506 e. The molecule has 15 heavy (non-hydrogen) atoms. The second kappa shape index (κ2) is 3.28. The van der Waals surface area contributed by atoms with Crippen LogP contribution in [0, 0.1) is 0 Å². The predicted molar refractivity (Wildman–Crippen MR) is 60.2 cm³/mol. The third-order valence-electron chi connectivity index (χ3n) is 3.11. The van der Waals surface area contributed by atoms with Crippen LogP contribution in [0.1, 0.15) is 11.3 Å². The van der Waals surface area contributed by atoms with Crippen LogP contribution < -0.4 is 5.32 Å². The lowest BCUT2D eigenvalue weighted by molar-refractivity contribution is 0.480. The van der Waals surface area contributed by atoms with Crippen molar-refractivity contribution < 1.29 is 5.11 Å². The second-order valence-corrected chi connectivity index (χ2v) is 4.03. The molecule has 1 aliphatic heterocycles.